The Bertz CT molecular complexity index is 208. The Morgan fingerprint density at radius 2 is 1.94 bits per heavy atom. The van der Waals surface area contributed by atoms with Gasteiger partial charge in [-0.2, -0.15) is 0 Å². The zero-order valence-corrected chi connectivity index (χ0v) is 11.3. The molecular formula is C14H28N2O. The van der Waals surface area contributed by atoms with Crippen molar-refractivity contribution in [1.82, 2.24) is 10.6 Å². The quantitative estimate of drug-likeness (QED) is 0.697. The third kappa shape index (κ3) is 4.57. The maximum atomic E-state index is 5.90. The number of rotatable bonds is 6. The number of nitrogens with one attached hydrogen (secondary N) is 2. The molecule has 0 aromatic heterocycles. The molecule has 1 aliphatic carbocycles. The molecule has 2 fully saturated rings. The molecule has 3 nitrogen and oxygen atoms in total. The lowest BCUT2D eigenvalue weighted by atomic mass is 10.0. The van der Waals surface area contributed by atoms with E-state index in [0.29, 0.717) is 11.6 Å². The van der Waals surface area contributed by atoms with Crippen molar-refractivity contribution in [1.29, 1.82) is 0 Å². The second kappa shape index (κ2) is 6.72. The maximum Gasteiger partial charge on any atom is 0.0599 e. The van der Waals surface area contributed by atoms with Gasteiger partial charge in [-0.25, -0.2) is 0 Å². The standard InChI is InChI=1S/C14H28N2O/c1-14(7-2-3-8-14)16-9-4-12-17-13-5-10-15-11-6-13/h13,15-16H,2-12H2,1H3. The minimum absolute atomic E-state index is 0.425. The topological polar surface area (TPSA) is 33.3 Å². The van der Waals surface area contributed by atoms with Crippen molar-refractivity contribution < 1.29 is 4.74 Å². The summed E-state index contributed by atoms with van der Waals surface area (Å²) in [6, 6.07) is 0. The van der Waals surface area contributed by atoms with Gasteiger partial charge in [-0.3, -0.25) is 0 Å². The number of hydrogen-bond donors (Lipinski definition) is 2. The van der Waals surface area contributed by atoms with Gasteiger partial charge in [-0.1, -0.05) is 12.8 Å². The van der Waals surface area contributed by atoms with E-state index in [2.05, 4.69) is 17.6 Å². The van der Waals surface area contributed by atoms with E-state index < -0.39 is 0 Å². The van der Waals surface area contributed by atoms with Gasteiger partial charge in [0.2, 0.25) is 0 Å². The first-order valence-corrected chi connectivity index (χ1v) is 7.36. The van der Waals surface area contributed by atoms with E-state index in [-0.39, 0.29) is 0 Å². The van der Waals surface area contributed by atoms with E-state index in [4.69, 9.17) is 4.74 Å². The molecule has 3 heteroatoms. The molecule has 0 spiro atoms. The van der Waals surface area contributed by atoms with Crippen molar-refractivity contribution in [2.24, 2.45) is 0 Å². The Morgan fingerprint density at radius 3 is 2.65 bits per heavy atom. The van der Waals surface area contributed by atoms with Crippen LogP contribution in [0.25, 0.3) is 0 Å². The molecule has 1 saturated carbocycles. The van der Waals surface area contributed by atoms with Crippen LogP contribution >= 0.6 is 0 Å². The summed E-state index contributed by atoms with van der Waals surface area (Å²) in [5, 5.41) is 7.07. The van der Waals surface area contributed by atoms with Crippen LogP contribution < -0.4 is 10.6 Å². The predicted octanol–water partition coefficient (Wildman–Crippen LogP) is 2.07. The second-order valence-electron chi connectivity index (χ2n) is 5.87. The molecule has 0 radical (unpaired) electrons. The summed E-state index contributed by atoms with van der Waals surface area (Å²) >= 11 is 0. The summed E-state index contributed by atoms with van der Waals surface area (Å²) in [6.45, 7) is 6.66. The largest absolute Gasteiger partial charge is 0.378 e. The van der Waals surface area contributed by atoms with Gasteiger partial charge in [0.15, 0.2) is 0 Å². The molecule has 2 rings (SSSR count). The molecule has 0 bridgehead atoms. The minimum atomic E-state index is 0.425. The Hall–Kier alpha value is -0.120. The van der Waals surface area contributed by atoms with Gasteiger partial charge in [0, 0.05) is 12.1 Å². The fraction of sp³-hybridized carbons (Fsp3) is 1.00. The van der Waals surface area contributed by atoms with Crippen molar-refractivity contribution in [3.05, 3.63) is 0 Å². The fourth-order valence-electron chi connectivity index (χ4n) is 3.01. The first-order chi connectivity index (χ1) is 8.29. The predicted molar refractivity (Wildman–Crippen MR) is 71.3 cm³/mol. The Labute approximate surface area is 106 Å². The Balaban J connectivity index is 1.48. The highest BCUT2D eigenvalue weighted by Crippen LogP contribution is 2.28. The Kier molecular flexibility index (Phi) is 5.26. The van der Waals surface area contributed by atoms with Crippen LogP contribution in [0, 0.1) is 0 Å². The molecule has 17 heavy (non-hydrogen) atoms. The monoisotopic (exact) mass is 240 g/mol. The second-order valence-corrected chi connectivity index (χ2v) is 5.87. The SMILES string of the molecule is CC1(NCCCOC2CCNCC2)CCCC1. The van der Waals surface area contributed by atoms with E-state index in [1.54, 1.807) is 0 Å². The summed E-state index contributed by atoms with van der Waals surface area (Å²) in [6.07, 6.45) is 9.53. The summed E-state index contributed by atoms with van der Waals surface area (Å²) in [5.41, 5.74) is 0.425. The lowest BCUT2D eigenvalue weighted by molar-refractivity contribution is 0.0311. The molecule has 0 aromatic carbocycles. The van der Waals surface area contributed by atoms with Crippen molar-refractivity contribution in [3.63, 3.8) is 0 Å². The van der Waals surface area contributed by atoms with Gasteiger partial charge >= 0.3 is 0 Å². The highest BCUT2D eigenvalue weighted by Gasteiger charge is 2.27. The first-order valence-electron chi connectivity index (χ1n) is 7.36. The smallest absolute Gasteiger partial charge is 0.0599 e. The van der Waals surface area contributed by atoms with Crippen LogP contribution in [-0.2, 0) is 4.74 Å². The number of piperidine rings is 1. The normalized spacial score (nSPS) is 25.2. The molecule has 2 aliphatic rings. The van der Waals surface area contributed by atoms with Crippen molar-refractivity contribution in [2.45, 2.75) is 63.5 Å². The zero-order chi connectivity index (χ0) is 12.0. The van der Waals surface area contributed by atoms with Gasteiger partial charge in [-0.05, 0) is 58.7 Å². The molecule has 1 heterocycles. The van der Waals surface area contributed by atoms with Crippen LogP contribution in [0.5, 0.6) is 0 Å². The zero-order valence-electron chi connectivity index (χ0n) is 11.3. The summed E-state index contributed by atoms with van der Waals surface area (Å²) in [5.74, 6) is 0. The number of hydrogen-bond acceptors (Lipinski definition) is 3. The van der Waals surface area contributed by atoms with Crippen LogP contribution in [0.3, 0.4) is 0 Å². The molecule has 1 aliphatic heterocycles. The summed E-state index contributed by atoms with van der Waals surface area (Å²) in [4.78, 5) is 0. The number of ether oxygens (including phenoxy) is 1. The average molecular weight is 240 g/mol. The summed E-state index contributed by atoms with van der Waals surface area (Å²) < 4.78 is 5.90. The minimum Gasteiger partial charge on any atom is -0.378 e. The highest BCUT2D eigenvalue weighted by molar-refractivity contribution is 4.87. The van der Waals surface area contributed by atoms with Gasteiger partial charge in [0.25, 0.3) is 0 Å². The highest BCUT2D eigenvalue weighted by atomic mass is 16.5. The van der Waals surface area contributed by atoms with Crippen LogP contribution in [0.15, 0.2) is 0 Å². The van der Waals surface area contributed by atoms with Crippen molar-refractivity contribution >= 4 is 0 Å². The van der Waals surface area contributed by atoms with Crippen molar-refractivity contribution in [2.75, 3.05) is 26.2 Å². The van der Waals surface area contributed by atoms with Crippen molar-refractivity contribution in [3.8, 4) is 0 Å². The first kappa shape index (κ1) is 13.3. The van der Waals surface area contributed by atoms with Crippen LogP contribution in [0.2, 0.25) is 0 Å². The molecule has 0 amide bonds. The van der Waals surface area contributed by atoms with E-state index in [9.17, 15) is 0 Å². The molecule has 0 aromatic rings. The maximum absolute atomic E-state index is 5.90. The lowest BCUT2D eigenvalue weighted by Crippen LogP contribution is -2.40. The van der Waals surface area contributed by atoms with E-state index in [0.717, 1.165) is 32.7 Å². The molecule has 0 atom stereocenters. The molecular weight excluding hydrogens is 212 g/mol. The third-order valence-electron chi connectivity index (χ3n) is 4.22. The molecule has 100 valence electrons. The Morgan fingerprint density at radius 1 is 1.24 bits per heavy atom. The van der Waals surface area contributed by atoms with Crippen LogP contribution in [0.1, 0.15) is 51.9 Å². The van der Waals surface area contributed by atoms with Gasteiger partial charge in [-0.15, -0.1) is 0 Å². The molecule has 1 saturated heterocycles. The van der Waals surface area contributed by atoms with Gasteiger partial charge in [0.05, 0.1) is 6.10 Å². The van der Waals surface area contributed by atoms with Crippen LogP contribution in [-0.4, -0.2) is 37.9 Å². The van der Waals surface area contributed by atoms with E-state index >= 15 is 0 Å². The average Bonchev–Trinajstić information content (AvgIpc) is 2.77. The molecule has 2 N–H and O–H groups in total. The summed E-state index contributed by atoms with van der Waals surface area (Å²) in [7, 11) is 0. The lowest BCUT2D eigenvalue weighted by Gasteiger charge is -2.26. The van der Waals surface area contributed by atoms with E-state index in [1.165, 1.54) is 38.5 Å². The third-order valence-corrected chi connectivity index (χ3v) is 4.22. The van der Waals surface area contributed by atoms with E-state index in [1.807, 2.05) is 0 Å². The van der Waals surface area contributed by atoms with Crippen LogP contribution in [0.4, 0.5) is 0 Å². The molecule has 0 unspecified atom stereocenters. The fourth-order valence-corrected chi connectivity index (χ4v) is 3.01. The van der Waals surface area contributed by atoms with Gasteiger partial charge < -0.3 is 15.4 Å². The van der Waals surface area contributed by atoms with Gasteiger partial charge in [0.1, 0.15) is 0 Å².